The number of nitrogens with zero attached hydrogens (tertiary/aromatic N) is 1. The molecular formula is C13H28N2. The van der Waals surface area contributed by atoms with E-state index in [4.69, 9.17) is 0 Å². The highest BCUT2D eigenvalue weighted by Crippen LogP contribution is 2.26. The van der Waals surface area contributed by atoms with Crippen LogP contribution in [0.5, 0.6) is 0 Å². The van der Waals surface area contributed by atoms with Gasteiger partial charge in [-0.1, -0.05) is 19.8 Å². The average molecular weight is 212 g/mol. The number of hydrogen-bond donors (Lipinski definition) is 1. The van der Waals surface area contributed by atoms with Crippen molar-refractivity contribution in [2.45, 2.75) is 51.5 Å². The predicted octanol–water partition coefficient (Wildman–Crippen LogP) is 2.50. The van der Waals surface area contributed by atoms with Crippen LogP contribution >= 0.6 is 0 Å². The maximum absolute atomic E-state index is 3.21. The molecule has 2 nitrogen and oxygen atoms in total. The summed E-state index contributed by atoms with van der Waals surface area (Å²) in [6.45, 7) is 4.84. The van der Waals surface area contributed by atoms with E-state index >= 15 is 0 Å². The van der Waals surface area contributed by atoms with Crippen molar-refractivity contribution in [3.63, 3.8) is 0 Å². The molecule has 0 spiro atoms. The highest BCUT2D eigenvalue weighted by Gasteiger charge is 2.21. The summed E-state index contributed by atoms with van der Waals surface area (Å²) in [4.78, 5) is 2.59. The first kappa shape index (κ1) is 13.0. The monoisotopic (exact) mass is 212 g/mol. The van der Waals surface area contributed by atoms with Gasteiger partial charge in [-0.2, -0.15) is 0 Å². The van der Waals surface area contributed by atoms with Crippen molar-refractivity contribution in [3.8, 4) is 0 Å². The first-order valence-corrected chi connectivity index (χ1v) is 6.59. The third kappa shape index (κ3) is 4.98. The van der Waals surface area contributed by atoms with Crippen molar-refractivity contribution in [3.05, 3.63) is 0 Å². The van der Waals surface area contributed by atoms with Crippen LogP contribution in [0.3, 0.4) is 0 Å². The third-order valence-electron chi connectivity index (χ3n) is 3.72. The van der Waals surface area contributed by atoms with Gasteiger partial charge in [0.15, 0.2) is 0 Å². The molecule has 0 aromatic rings. The minimum Gasteiger partial charge on any atom is -0.320 e. The Morgan fingerprint density at radius 3 is 2.73 bits per heavy atom. The van der Waals surface area contributed by atoms with E-state index in [2.05, 4.69) is 24.2 Å². The van der Waals surface area contributed by atoms with E-state index in [1.165, 1.54) is 45.1 Å². The lowest BCUT2D eigenvalue weighted by Gasteiger charge is -2.34. The lowest BCUT2D eigenvalue weighted by Crippen LogP contribution is -2.36. The summed E-state index contributed by atoms with van der Waals surface area (Å²) in [6, 6.07) is 0.864. The first-order chi connectivity index (χ1) is 7.24. The standard InChI is InChI=1S/C13H28N2/c1-12-7-6-8-13(11-12)15(3)10-5-4-9-14-2/h12-14H,4-11H2,1-3H3. The number of rotatable bonds is 6. The van der Waals surface area contributed by atoms with Crippen LogP contribution in [-0.4, -0.2) is 38.1 Å². The zero-order valence-corrected chi connectivity index (χ0v) is 10.8. The molecule has 0 bridgehead atoms. The molecule has 2 heteroatoms. The minimum absolute atomic E-state index is 0.864. The molecule has 2 unspecified atom stereocenters. The first-order valence-electron chi connectivity index (χ1n) is 6.59. The number of nitrogens with one attached hydrogen (secondary N) is 1. The summed E-state index contributed by atoms with van der Waals surface area (Å²) in [5.74, 6) is 0.948. The summed E-state index contributed by atoms with van der Waals surface area (Å²) in [6.07, 6.45) is 8.37. The Balaban J connectivity index is 2.12. The molecule has 0 heterocycles. The van der Waals surface area contributed by atoms with Gasteiger partial charge in [-0.15, -0.1) is 0 Å². The second-order valence-corrected chi connectivity index (χ2v) is 5.22. The fourth-order valence-electron chi connectivity index (χ4n) is 2.65. The number of hydrogen-bond acceptors (Lipinski definition) is 2. The molecule has 1 aliphatic carbocycles. The molecule has 2 atom stereocenters. The lowest BCUT2D eigenvalue weighted by molar-refractivity contribution is 0.162. The van der Waals surface area contributed by atoms with Gasteiger partial charge in [-0.05, 0) is 58.8 Å². The van der Waals surface area contributed by atoms with Gasteiger partial charge in [-0.25, -0.2) is 0 Å². The molecule has 1 fully saturated rings. The molecule has 0 aliphatic heterocycles. The molecule has 1 N–H and O–H groups in total. The molecule has 1 rings (SSSR count). The highest BCUT2D eigenvalue weighted by atomic mass is 15.1. The SMILES string of the molecule is CNCCCCN(C)C1CCCC(C)C1. The van der Waals surface area contributed by atoms with Crippen LogP contribution in [0.1, 0.15) is 45.4 Å². The van der Waals surface area contributed by atoms with Crippen molar-refractivity contribution in [1.29, 1.82) is 0 Å². The van der Waals surface area contributed by atoms with E-state index in [1.807, 2.05) is 7.05 Å². The van der Waals surface area contributed by atoms with Gasteiger partial charge in [0.1, 0.15) is 0 Å². The summed E-state index contributed by atoms with van der Waals surface area (Å²) >= 11 is 0. The van der Waals surface area contributed by atoms with Crippen molar-refractivity contribution in [2.75, 3.05) is 27.2 Å². The molecule has 0 radical (unpaired) electrons. The Labute approximate surface area is 95.4 Å². The van der Waals surface area contributed by atoms with E-state index in [0.29, 0.717) is 0 Å². The summed E-state index contributed by atoms with van der Waals surface area (Å²) < 4.78 is 0. The summed E-state index contributed by atoms with van der Waals surface area (Å²) in [5.41, 5.74) is 0. The third-order valence-corrected chi connectivity index (χ3v) is 3.72. The van der Waals surface area contributed by atoms with Crippen LogP contribution in [0.4, 0.5) is 0 Å². The molecule has 0 aromatic heterocycles. The Hall–Kier alpha value is -0.0800. The Bertz CT molecular complexity index is 159. The molecular weight excluding hydrogens is 184 g/mol. The van der Waals surface area contributed by atoms with Gasteiger partial charge in [-0.3, -0.25) is 0 Å². The van der Waals surface area contributed by atoms with Crippen molar-refractivity contribution in [1.82, 2.24) is 10.2 Å². The van der Waals surface area contributed by atoms with E-state index in [9.17, 15) is 0 Å². The molecule has 0 saturated heterocycles. The fourth-order valence-corrected chi connectivity index (χ4v) is 2.65. The highest BCUT2D eigenvalue weighted by molar-refractivity contribution is 4.76. The number of unbranched alkanes of at least 4 members (excludes halogenated alkanes) is 1. The van der Waals surface area contributed by atoms with Gasteiger partial charge in [0.2, 0.25) is 0 Å². The van der Waals surface area contributed by atoms with Crippen LogP contribution in [-0.2, 0) is 0 Å². The molecule has 0 amide bonds. The van der Waals surface area contributed by atoms with E-state index in [0.717, 1.165) is 18.5 Å². The molecule has 0 aromatic carbocycles. The van der Waals surface area contributed by atoms with Gasteiger partial charge in [0.25, 0.3) is 0 Å². The normalized spacial score (nSPS) is 27.2. The second-order valence-electron chi connectivity index (χ2n) is 5.22. The molecule has 15 heavy (non-hydrogen) atoms. The van der Waals surface area contributed by atoms with Gasteiger partial charge in [0, 0.05) is 6.04 Å². The predicted molar refractivity (Wildman–Crippen MR) is 67.2 cm³/mol. The Morgan fingerprint density at radius 1 is 1.27 bits per heavy atom. The van der Waals surface area contributed by atoms with Gasteiger partial charge in [0.05, 0.1) is 0 Å². The topological polar surface area (TPSA) is 15.3 Å². The minimum atomic E-state index is 0.864. The van der Waals surface area contributed by atoms with Crippen molar-refractivity contribution < 1.29 is 0 Å². The van der Waals surface area contributed by atoms with Crippen molar-refractivity contribution >= 4 is 0 Å². The smallest absolute Gasteiger partial charge is 0.00947 e. The fraction of sp³-hybridized carbons (Fsp3) is 1.00. The maximum Gasteiger partial charge on any atom is 0.00947 e. The molecule has 1 aliphatic rings. The van der Waals surface area contributed by atoms with E-state index in [-0.39, 0.29) is 0 Å². The van der Waals surface area contributed by atoms with Crippen molar-refractivity contribution in [2.24, 2.45) is 5.92 Å². The van der Waals surface area contributed by atoms with Crippen LogP contribution < -0.4 is 5.32 Å². The zero-order valence-electron chi connectivity index (χ0n) is 10.8. The molecule has 90 valence electrons. The maximum atomic E-state index is 3.21. The van der Waals surface area contributed by atoms with Gasteiger partial charge >= 0.3 is 0 Å². The van der Waals surface area contributed by atoms with E-state index < -0.39 is 0 Å². The van der Waals surface area contributed by atoms with Crippen LogP contribution in [0, 0.1) is 5.92 Å². The Morgan fingerprint density at radius 2 is 2.07 bits per heavy atom. The summed E-state index contributed by atoms with van der Waals surface area (Å²) in [7, 11) is 4.34. The Kier molecular flexibility index (Phi) is 6.26. The van der Waals surface area contributed by atoms with Crippen LogP contribution in [0.2, 0.25) is 0 Å². The van der Waals surface area contributed by atoms with Crippen LogP contribution in [0.25, 0.3) is 0 Å². The van der Waals surface area contributed by atoms with E-state index in [1.54, 1.807) is 0 Å². The lowest BCUT2D eigenvalue weighted by atomic mass is 9.86. The largest absolute Gasteiger partial charge is 0.320 e. The zero-order chi connectivity index (χ0) is 11.1. The molecule has 1 saturated carbocycles. The summed E-state index contributed by atoms with van der Waals surface area (Å²) in [5, 5.41) is 3.21. The second kappa shape index (κ2) is 7.24. The average Bonchev–Trinajstić information content (AvgIpc) is 2.24. The quantitative estimate of drug-likeness (QED) is 0.681. The van der Waals surface area contributed by atoms with Gasteiger partial charge < -0.3 is 10.2 Å². The van der Waals surface area contributed by atoms with Crippen LogP contribution in [0.15, 0.2) is 0 Å².